The van der Waals surface area contributed by atoms with Crippen LogP contribution in [0.4, 0.5) is 11.4 Å². The van der Waals surface area contributed by atoms with Gasteiger partial charge in [-0.25, -0.2) is 0 Å². The van der Waals surface area contributed by atoms with Gasteiger partial charge in [0.2, 0.25) is 0 Å². The number of hydrogen-bond donors (Lipinski definition) is 2. The van der Waals surface area contributed by atoms with Crippen molar-refractivity contribution in [3.05, 3.63) is 23.8 Å². The van der Waals surface area contributed by atoms with Crippen LogP contribution in [0.5, 0.6) is 0 Å². The van der Waals surface area contributed by atoms with Crippen molar-refractivity contribution in [2.45, 2.75) is 45.6 Å². The summed E-state index contributed by atoms with van der Waals surface area (Å²) >= 11 is 0. The topological polar surface area (TPSA) is 58.4 Å². The van der Waals surface area contributed by atoms with Crippen LogP contribution in [0.25, 0.3) is 0 Å². The fourth-order valence-corrected chi connectivity index (χ4v) is 3.03. The molecule has 0 heterocycles. The van der Waals surface area contributed by atoms with E-state index in [2.05, 4.69) is 19.2 Å². The lowest BCUT2D eigenvalue weighted by molar-refractivity contribution is 0.0827. The van der Waals surface area contributed by atoms with E-state index in [1.807, 2.05) is 12.1 Å². The third-order valence-corrected chi connectivity index (χ3v) is 4.54. The van der Waals surface area contributed by atoms with Crippen LogP contribution in [0.3, 0.4) is 0 Å². The number of amides is 1. The molecule has 0 bridgehead atoms. The Morgan fingerprint density at radius 3 is 2.62 bits per heavy atom. The smallest absolute Gasteiger partial charge is 0.253 e. The van der Waals surface area contributed by atoms with Crippen molar-refractivity contribution in [2.75, 3.05) is 25.1 Å². The molecule has 0 saturated heterocycles. The summed E-state index contributed by atoms with van der Waals surface area (Å²) in [5.74, 6) is -0.0220. The Morgan fingerprint density at radius 2 is 2.05 bits per heavy atom. The van der Waals surface area contributed by atoms with Crippen LogP contribution in [0.15, 0.2) is 18.2 Å². The van der Waals surface area contributed by atoms with E-state index in [-0.39, 0.29) is 11.3 Å². The minimum atomic E-state index is -0.0220. The third kappa shape index (κ3) is 3.49. The zero-order valence-electron chi connectivity index (χ0n) is 13.6. The van der Waals surface area contributed by atoms with Gasteiger partial charge in [0.05, 0.1) is 11.4 Å². The van der Waals surface area contributed by atoms with Gasteiger partial charge in [0, 0.05) is 25.7 Å². The van der Waals surface area contributed by atoms with Gasteiger partial charge < -0.3 is 16.0 Å². The van der Waals surface area contributed by atoms with Gasteiger partial charge in [-0.1, -0.05) is 26.7 Å². The Bertz CT molecular complexity index is 523. The number of nitrogens with zero attached hydrogens (tertiary/aromatic N) is 1. The molecular weight excluding hydrogens is 262 g/mol. The van der Waals surface area contributed by atoms with Gasteiger partial charge in [-0.05, 0) is 36.5 Å². The Morgan fingerprint density at radius 1 is 1.33 bits per heavy atom. The molecule has 1 atom stereocenters. The number of carbonyl (C=O) groups excluding carboxylic acids is 1. The molecule has 21 heavy (non-hydrogen) atoms. The summed E-state index contributed by atoms with van der Waals surface area (Å²) < 4.78 is 0. The second-order valence-corrected chi connectivity index (χ2v) is 6.93. The lowest BCUT2D eigenvalue weighted by Gasteiger charge is -2.39. The quantitative estimate of drug-likeness (QED) is 0.839. The largest absolute Gasteiger partial charge is 0.397 e. The standard InChI is InChI=1S/C17H27N3O/c1-17(2)10-6-5-7-15(17)19-14-9-8-12(11-13(14)18)16(21)20(3)4/h8-9,11,15,19H,5-7,10,18H2,1-4H3. The molecule has 1 aliphatic carbocycles. The number of nitrogens with one attached hydrogen (secondary N) is 1. The van der Waals surface area contributed by atoms with E-state index in [0.717, 1.165) is 5.69 Å². The van der Waals surface area contributed by atoms with Gasteiger partial charge in [-0.3, -0.25) is 4.79 Å². The van der Waals surface area contributed by atoms with E-state index in [1.54, 1.807) is 25.1 Å². The van der Waals surface area contributed by atoms with E-state index < -0.39 is 0 Å². The van der Waals surface area contributed by atoms with E-state index in [1.165, 1.54) is 25.7 Å². The first-order chi connectivity index (χ1) is 9.81. The molecule has 1 aromatic rings. The second kappa shape index (κ2) is 5.96. The number of nitrogens with two attached hydrogens (primary N) is 1. The molecule has 4 heteroatoms. The Kier molecular flexibility index (Phi) is 4.45. The molecule has 0 aliphatic heterocycles. The maximum atomic E-state index is 12.0. The monoisotopic (exact) mass is 289 g/mol. The van der Waals surface area contributed by atoms with Crippen molar-refractivity contribution < 1.29 is 4.79 Å². The predicted octanol–water partition coefficient (Wildman–Crippen LogP) is 3.35. The average molecular weight is 289 g/mol. The van der Waals surface area contributed by atoms with E-state index in [9.17, 15) is 4.79 Å². The van der Waals surface area contributed by atoms with Crippen LogP contribution >= 0.6 is 0 Å². The van der Waals surface area contributed by atoms with Crippen molar-refractivity contribution in [2.24, 2.45) is 5.41 Å². The zero-order chi connectivity index (χ0) is 15.6. The Labute approximate surface area is 127 Å². The number of anilines is 2. The highest BCUT2D eigenvalue weighted by Gasteiger charge is 2.32. The number of carbonyl (C=O) groups is 1. The van der Waals surface area contributed by atoms with Crippen molar-refractivity contribution >= 4 is 17.3 Å². The van der Waals surface area contributed by atoms with Crippen LogP contribution < -0.4 is 11.1 Å². The molecule has 3 N–H and O–H groups in total. The molecule has 1 amide bonds. The minimum Gasteiger partial charge on any atom is -0.397 e. The van der Waals surface area contributed by atoms with Gasteiger partial charge in [0.25, 0.3) is 5.91 Å². The molecule has 0 radical (unpaired) electrons. The number of hydrogen-bond acceptors (Lipinski definition) is 3. The molecule has 1 fully saturated rings. The van der Waals surface area contributed by atoms with Crippen LogP contribution in [0.2, 0.25) is 0 Å². The molecule has 1 unspecified atom stereocenters. The minimum absolute atomic E-state index is 0.0220. The van der Waals surface area contributed by atoms with Crippen molar-refractivity contribution in [3.8, 4) is 0 Å². The van der Waals surface area contributed by atoms with E-state index in [4.69, 9.17) is 5.73 Å². The van der Waals surface area contributed by atoms with Gasteiger partial charge >= 0.3 is 0 Å². The summed E-state index contributed by atoms with van der Waals surface area (Å²) in [6.45, 7) is 4.62. The summed E-state index contributed by atoms with van der Waals surface area (Å²) in [4.78, 5) is 13.5. The maximum Gasteiger partial charge on any atom is 0.253 e. The zero-order valence-corrected chi connectivity index (χ0v) is 13.6. The molecule has 116 valence electrons. The molecule has 1 aliphatic rings. The second-order valence-electron chi connectivity index (χ2n) is 6.93. The first kappa shape index (κ1) is 15.7. The van der Waals surface area contributed by atoms with Gasteiger partial charge in [-0.2, -0.15) is 0 Å². The SMILES string of the molecule is CN(C)C(=O)c1ccc(NC2CCCCC2(C)C)c(N)c1. The fraction of sp³-hybridized carbons (Fsp3) is 0.588. The van der Waals surface area contributed by atoms with Crippen LogP contribution in [-0.4, -0.2) is 30.9 Å². The molecule has 2 rings (SSSR count). The first-order valence-corrected chi connectivity index (χ1v) is 7.69. The average Bonchev–Trinajstić information content (AvgIpc) is 2.42. The van der Waals surface area contributed by atoms with Crippen LogP contribution in [-0.2, 0) is 0 Å². The third-order valence-electron chi connectivity index (χ3n) is 4.54. The normalized spacial score (nSPS) is 20.9. The Hall–Kier alpha value is -1.71. The highest BCUT2D eigenvalue weighted by Crippen LogP contribution is 2.38. The highest BCUT2D eigenvalue weighted by molar-refractivity contribution is 5.95. The van der Waals surface area contributed by atoms with Crippen LogP contribution in [0, 0.1) is 5.41 Å². The maximum absolute atomic E-state index is 12.0. The number of benzene rings is 1. The van der Waals surface area contributed by atoms with E-state index >= 15 is 0 Å². The molecule has 1 saturated carbocycles. The number of rotatable bonds is 3. The van der Waals surface area contributed by atoms with Crippen molar-refractivity contribution in [3.63, 3.8) is 0 Å². The molecule has 1 aromatic carbocycles. The summed E-state index contributed by atoms with van der Waals surface area (Å²) in [5, 5.41) is 3.58. The number of nitrogen functional groups attached to an aromatic ring is 1. The van der Waals surface area contributed by atoms with Gasteiger partial charge in [0.1, 0.15) is 0 Å². The van der Waals surface area contributed by atoms with Gasteiger partial charge in [-0.15, -0.1) is 0 Å². The molecular formula is C17H27N3O. The first-order valence-electron chi connectivity index (χ1n) is 7.69. The molecule has 0 spiro atoms. The summed E-state index contributed by atoms with van der Waals surface area (Å²) in [5.41, 5.74) is 8.62. The summed E-state index contributed by atoms with van der Waals surface area (Å²) in [6.07, 6.45) is 4.97. The predicted molar refractivity (Wildman–Crippen MR) is 88.5 cm³/mol. The van der Waals surface area contributed by atoms with E-state index in [0.29, 0.717) is 17.3 Å². The van der Waals surface area contributed by atoms with Crippen molar-refractivity contribution in [1.29, 1.82) is 0 Å². The van der Waals surface area contributed by atoms with Crippen molar-refractivity contribution in [1.82, 2.24) is 4.90 Å². The highest BCUT2D eigenvalue weighted by atomic mass is 16.2. The lowest BCUT2D eigenvalue weighted by atomic mass is 9.73. The lowest BCUT2D eigenvalue weighted by Crippen LogP contribution is -2.39. The molecule has 0 aromatic heterocycles. The fourth-order valence-electron chi connectivity index (χ4n) is 3.03. The molecule has 4 nitrogen and oxygen atoms in total. The van der Waals surface area contributed by atoms with Gasteiger partial charge in [0.15, 0.2) is 0 Å². The summed E-state index contributed by atoms with van der Waals surface area (Å²) in [7, 11) is 3.49. The summed E-state index contributed by atoms with van der Waals surface area (Å²) in [6, 6.07) is 5.97. The Balaban J connectivity index is 2.16. The van der Waals surface area contributed by atoms with Crippen LogP contribution in [0.1, 0.15) is 49.9 Å².